The number of benzene rings is 1. The van der Waals surface area contributed by atoms with Gasteiger partial charge in [0.1, 0.15) is 12.1 Å². The number of rotatable bonds is 6. The first-order valence-corrected chi connectivity index (χ1v) is 8.22. The van der Waals surface area contributed by atoms with E-state index in [2.05, 4.69) is 11.4 Å². The van der Waals surface area contributed by atoms with E-state index >= 15 is 0 Å². The second-order valence-corrected chi connectivity index (χ2v) is 6.36. The normalized spacial score (nSPS) is 27.4. The highest BCUT2D eigenvalue weighted by atomic mass is 16.5. The Hall–Kier alpha value is -1.73. The number of hydrogen-bond acceptors (Lipinski definition) is 4. The van der Waals surface area contributed by atoms with Gasteiger partial charge in [-0.15, -0.1) is 0 Å². The van der Waals surface area contributed by atoms with Crippen LogP contribution < -0.4 is 14.8 Å². The van der Waals surface area contributed by atoms with Crippen molar-refractivity contribution >= 4 is 0 Å². The molecular formula is C18H24N2O2. The van der Waals surface area contributed by atoms with Crippen LogP contribution in [0.15, 0.2) is 18.2 Å². The largest absolute Gasteiger partial charge is 0.493 e. The average molecular weight is 300 g/mol. The fourth-order valence-corrected chi connectivity index (χ4v) is 3.90. The molecule has 0 aromatic heterocycles. The van der Waals surface area contributed by atoms with Crippen LogP contribution in [0.3, 0.4) is 0 Å². The van der Waals surface area contributed by atoms with Gasteiger partial charge in [0.25, 0.3) is 0 Å². The predicted molar refractivity (Wildman–Crippen MR) is 84.9 cm³/mol. The van der Waals surface area contributed by atoms with Crippen molar-refractivity contribution < 1.29 is 9.47 Å². The summed E-state index contributed by atoms with van der Waals surface area (Å²) in [7, 11) is 1.66. The first-order valence-electron chi connectivity index (χ1n) is 8.22. The Bertz CT molecular complexity index is 567. The summed E-state index contributed by atoms with van der Waals surface area (Å²) < 4.78 is 11.7. The molecule has 4 unspecified atom stereocenters. The number of nitrogens with one attached hydrogen (secondary N) is 1. The molecule has 2 aliphatic carbocycles. The molecule has 4 nitrogen and oxygen atoms in total. The smallest absolute Gasteiger partial charge is 0.161 e. The van der Waals surface area contributed by atoms with Crippen molar-refractivity contribution in [2.75, 3.05) is 13.7 Å². The first kappa shape index (κ1) is 15.2. The van der Waals surface area contributed by atoms with Gasteiger partial charge < -0.3 is 9.47 Å². The molecule has 2 saturated carbocycles. The van der Waals surface area contributed by atoms with Crippen LogP contribution >= 0.6 is 0 Å². The Morgan fingerprint density at radius 3 is 2.77 bits per heavy atom. The third-order valence-electron chi connectivity index (χ3n) is 5.01. The molecule has 0 saturated heterocycles. The van der Waals surface area contributed by atoms with Crippen molar-refractivity contribution in [2.45, 2.75) is 44.8 Å². The van der Waals surface area contributed by atoms with Crippen molar-refractivity contribution in [3.63, 3.8) is 0 Å². The van der Waals surface area contributed by atoms with Crippen LogP contribution in [0.1, 0.15) is 44.2 Å². The number of nitriles is 1. The molecule has 0 radical (unpaired) electrons. The SMILES string of the molecule is CCNC(C#N)c1ccc(OC)c(OC2CC3CCC2C3)c1. The maximum atomic E-state index is 9.31. The molecule has 1 N–H and O–H groups in total. The molecule has 4 heteroatoms. The summed E-state index contributed by atoms with van der Waals surface area (Å²) in [6, 6.07) is 7.79. The second kappa shape index (κ2) is 6.58. The van der Waals surface area contributed by atoms with Crippen LogP contribution in [-0.2, 0) is 0 Å². The lowest BCUT2D eigenvalue weighted by Gasteiger charge is -2.24. The van der Waals surface area contributed by atoms with Gasteiger partial charge in [0.2, 0.25) is 0 Å². The standard InChI is InChI=1S/C18H24N2O2/c1-3-20-15(11-19)13-6-7-16(21-2)18(10-13)22-17-9-12-4-5-14(17)8-12/h6-7,10,12,14-15,17,20H,3-5,8-9H2,1-2H3. The highest BCUT2D eigenvalue weighted by Crippen LogP contribution is 2.47. The van der Waals surface area contributed by atoms with Crippen LogP contribution in [0, 0.1) is 23.2 Å². The molecular weight excluding hydrogens is 276 g/mol. The maximum absolute atomic E-state index is 9.31. The van der Waals surface area contributed by atoms with Gasteiger partial charge in [-0.2, -0.15) is 5.26 Å². The minimum atomic E-state index is -0.307. The summed E-state index contributed by atoms with van der Waals surface area (Å²) in [6.45, 7) is 2.76. The van der Waals surface area contributed by atoms with Gasteiger partial charge in [0.05, 0.1) is 13.2 Å². The van der Waals surface area contributed by atoms with E-state index in [1.54, 1.807) is 7.11 Å². The molecule has 118 valence electrons. The van der Waals surface area contributed by atoms with E-state index in [0.29, 0.717) is 12.0 Å². The number of ether oxygens (including phenoxy) is 2. The van der Waals surface area contributed by atoms with E-state index in [-0.39, 0.29) is 6.04 Å². The molecule has 2 fully saturated rings. The second-order valence-electron chi connectivity index (χ2n) is 6.36. The van der Waals surface area contributed by atoms with Gasteiger partial charge in [0, 0.05) is 0 Å². The van der Waals surface area contributed by atoms with Gasteiger partial charge in [0.15, 0.2) is 11.5 Å². The van der Waals surface area contributed by atoms with Crippen molar-refractivity contribution in [2.24, 2.45) is 11.8 Å². The fraction of sp³-hybridized carbons (Fsp3) is 0.611. The third kappa shape index (κ3) is 2.91. The summed E-state index contributed by atoms with van der Waals surface area (Å²) in [5, 5.41) is 12.5. The molecule has 0 amide bonds. The average Bonchev–Trinajstić information content (AvgIpc) is 3.15. The predicted octanol–water partition coefficient (Wildman–Crippen LogP) is 3.44. The molecule has 0 spiro atoms. The Labute approximate surface area is 132 Å². The highest BCUT2D eigenvalue weighted by molar-refractivity contribution is 5.45. The van der Waals surface area contributed by atoms with Crippen molar-refractivity contribution in [3.8, 4) is 17.6 Å². The minimum Gasteiger partial charge on any atom is -0.493 e. The fourth-order valence-electron chi connectivity index (χ4n) is 3.90. The molecule has 0 aliphatic heterocycles. The molecule has 2 aliphatic rings. The third-order valence-corrected chi connectivity index (χ3v) is 5.01. The summed E-state index contributed by atoms with van der Waals surface area (Å²) >= 11 is 0. The summed E-state index contributed by atoms with van der Waals surface area (Å²) in [4.78, 5) is 0. The maximum Gasteiger partial charge on any atom is 0.161 e. The van der Waals surface area contributed by atoms with E-state index in [1.807, 2.05) is 25.1 Å². The molecule has 1 aromatic carbocycles. The number of hydrogen-bond donors (Lipinski definition) is 1. The Morgan fingerprint density at radius 1 is 1.32 bits per heavy atom. The van der Waals surface area contributed by atoms with Crippen LogP contribution in [-0.4, -0.2) is 19.8 Å². The summed E-state index contributed by atoms with van der Waals surface area (Å²) in [5.41, 5.74) is 0.934. The summed E-state index contributed by atoms with van der Waals surface area (Å²) in [5.74, 6) is 3.06. The van der Waals surface area contributed by atoms with Crippen molar-refractivity contribution in [1.82, 2.24) is 5.32 Å². The first-order chi connectivity index (χ1) is 10.7. The van der Waals surface area contributed by atoms with Crippen LogP contribution in [0.5, 0.6) is 11.5 Å². The summed E-state index contributed by atoms with van der Waals surface area (Å²) in [6.07, 6.45) is 5.42. The van der Waals surface area contributed by atoms with Crippen LogP contribution in [0.25, 0.3) is 0 Å². The molecule has 3 rings (SSSR count). The monoisotopic (exact) mass is 300 g/mol. The van der Waals surface area contributed by atoms with E-state index in [9.17, 15) is 5.26 Å². The molecule has 2 bridgehead atoms. The van der Waals surface area contributed by atoms with Crippen molar-refractivity contribution in [1.29, 1.82) is 5.26 Å². The lowest BCUT2D eigenvalue weighted by molar-refractivity contribution is 0.133. The van der Waals surface area contributed by atoms with E-state index in [4.69, 9.17) is 9.47 Å². The molecule has 4 atom stereocenters. The lowest BCUT2D eigenvalue weighted by atomic mass is 9.97. The van der Waals surface area contributed by atoms with E-state index in [0.717, 1.165) is 35.9 Å². The van der Waals surface area contributed by atoms with E-state index < -0.39 is 0 Å². The number of methoxy groups -OCH3 is 1. The number of fused-ring (bicyclic) bond motifs is 2. The Kier molecular flexibility index (Phi) is 4.54. The topological polar surface area (TPSA) is 54.3 Å². The number of nitrogens with zero attached hydrogens (tertiary/aromatic N) is 1. The molecule has 22 heavy (non-hydrogen) atoms. The Balaban J connectivity index is 1.80. The molecule has 1 aromatic rings. The minimum absolute atomic E-state index is 0.307. The Morgan fingerprint density at radius 2 is 2.18 bits per heavy atom. The van der Waals surface area contributed by atoms with Crippen molar-refractivity contribution in [3.05, 3.63) is 23.8 Å². The lowest BCUT2D eigenvalue weighted by Crippen LogP contribution is -2.24. The van der Waals surface area contributed by atoms with Crippen LogP contribution in [0.4, 0.5) is 0 Å². The highest BCUT2D eigenvalue weighted by Gasteiger charge is 2.41. The van der Waals surface area contributed by atoms with Gasteiger partial charge >= 0.3 is 0 Å². The van der Waals surface area contributed by atoms with Gasteiger partial charge in [-0.3, -0.25) is 5.32 Å². The van der Waals surface area contributed by atoms with Gasteiger partial charge in [-0.05, 0) is 61.8 Å². The zero-order valence-corrected chi connectivity index (χ0v) is 13.3. The zero-order chi connectivity index (χ0) is 15.5. The quantitative estimate of drug-likeness (QED) is 0.874. The van der Waals surface area contributed by atoms with Crippen LogP contribution in [0.2, 0.25) is 0 Å². The van der Waals surface area contributed by atoms with Gasteiger partial charge in [-0.1, -0.05) is 13.0 Å². The van der Waals surface area contributed by atoms with Gasteiger partial charge in [-0.25, -0.2) is 0 Å². The van der Waals surface area contributed by atoms with E-state index in [1.165, 1.54) is 19.3 Å². The molecule has 0 heterocycles. The zero-order valence-electron chi connectivity index (χ0n) is 13.3.